The number of hydrogen-bond donors (Lipinski definition) is 3. The predicted octanol–water partition coefficient (Wildman–Crippen LogP) is 0.731. The van der Waals surface area contributed by atoms with Crippen LogP contribution in [0.3, 0.4) is 0 Å². The molecule has 0 radical (unpaired) electrons. The van der Waals surface area contributed by atoms with E-state index in [1.165, 1.54) is 0 Å². The van der Waals surface area contributed by atoms with Gasteiger partial charge in [-0.2, -0.15) is 0 Å². The molecular weight excluding hydrogens is 220 g/mol. The number of aliphatic carboxylic acids is 1. The maximum Gasteiger partial charge on any atom is 0.306 e. The van der Waals surface area contributed by atoms with Crippen molar-refractivity contribution >= 4 is 11.9 Å². The van der Waals surface area contributed by atoms with Crippen molar-refractivity contribution < 1.29 is 14.7 Å². The van der Waals surface area contributed by atoms with Gasteiger partial charge in [-0.3, -0.25) is 9.59 Å². The summed E-state index contributed by atoms with van der Waals surface area (Å²) < 4.78 is 0. The molecule has 0 aromatic rings. The minimum absolute atomic E-state index is 0.0604. The molecule has 0 aromatic carbocycles. The Bertz CT molecular complexity index is 281. The van der Waals surface area contributed by atoms with Gasteiger partial charge in [-0.15, -0.1) is 0 Å². The van der Waals surface area contributed by atoms with Crippen LogP contribution in [0, 0.1) is 11.8 Å². The van der Waals surface area contributed by atoms with Gasteiger partial charge in [0, 0.05) is 6.54 Å². The number of nitrogens with one attached hydrogen (secondary N) is 1. The number of carbonyl (C=O) groups excluding carboxylic acids is 1. The van der Waals surface area contributed by atoms with Crippen molar-refractivity contribution in [2.24, 2.45) is 17.6 Å². The lowest BCUT2D eigenvalue weighted by molar-refractivity contribution is -0.143. The molecule has 5 heteroatoms. The Morgan fingerprint density at radius 1 is 1.47 bits per heavy atom. The number of hydrogen-bond acceptors (Lipinski definition) is 3. The van der Waals surface area contributed by atoms with Crippen LogP contribution in [0.2, 0.25) is 0 Å². The van der Waals surface area contributed by atoms with E-state index < -0.39 is 12.0 Å². The molecule has 1 amide bonds. The van der Waals surface area contributed by atoms with Crippen LogP contribution in [0.4, 0.5) is 0 Å². The molecular formula is C12H22N2O3. The van der Waals surface area contributed by atoms with Crippen molar-refractivity contribution in [1.29, 1.82) is 0 Å². The standard InChI is InChI=1S/C12H22N2O3/c1-2-4-10(13)11(15)14-7-8-5-3-6-9(8)12(16)17/h8-10H,2-7,13H2,1H3,(H,14,15)(H,16,17)/t8?,9?,10-/m0/s1. The molecule has 1 aliphatic carbocycles. The molecule has 1 fully saturated rings. The van der Waals surface area contributed by atoms with E-state index in [1.807, 2.05) is 6.92 Å². The second kappa shape index (κ2) is 6.59. The van der Waals surface area contributed by atoms with Crippen LogP contribution in [0.25, 0.3) is 0 Å². The zero-order chi connectivity index (χ0) is 12.8. The highest BCUT2D eigenvalue weighted by Crippen LogP contribution is 2.31. The maximum absolute atomic E-state index is 11.6. The number of carbonyl (C=O) groups is 2. The molecule has 5 nitrogen and oxygen atoms in total. The molecule has 0 saturated heterocycles. The summed E-state index contributed by atoms with van der Waals surface area (Å²) >= 11 is 0. The summed E-state index contributed by atoms with van der Waals surface area (Å²) in [6, 6.07) is -0.468. The van der Waals surface area contributed by atoms with Gasteiger partial charge in [0.15, 0.2) is 0 Å². The zero-order valence-corrected chi connectivity index (χ0v) is 10.3. The third-order valence-electron chi connectivity index (χ3n) is 3.45. The van der Waals surface area contributed by atoms with Crippen molar-refractivity contribution in [2.45, 2.75) is 45.1 Å². The van der Waals surface area contributed by atoms with Gasteiger partial charge in [0.05, 0.1) is 12.0 Å². The minimum Gasteiger partial charge on any atom is -0.481 e. The molecule has 4 N–H and O–H groups in total. The average Bonchev–Trinajstić information content (AvgIpc) is 2.74. The second-order valence-electron chi connectivity index (χ2n) is 4.78. The lowest BCUT2D eigenvalue weighted by Gasteiger charge is -2.18. The molecule has 1 rings (SSSR count). The summed E-state index contributed by atoms with van der Waals surface area (Å²) in [5.74, 6) is -1.16. The first-order valence-electron chi connectivity index (χ1n) is 6.32. The number of rotatable bonds is 6. The van der Waals surface area contributed by atoms with E-state index in [2.05, 4.69) is 5.32 Å². The molecule has 0 aromatic heterocycles. The average molecular weight is 242 g/mol. The van der Waals surface area contributed by atoms with E-state index in [9.17, 15) is 9.59 Å². The summed E-state index contributed by atoms with van der Waals surface area (Å²) in [6.07, 6.45) is 4.06. The Labute approximate surface area is 102 Å². The Hall–Kier alpha value is -1.10. The molecule has 0 bridgehead atoms. The first-order valence-corrected chi connectivity index (χ1v) is 6.32. The summed E-state index contributed by atoms with van der Waals surface area (Å²) in [7, 11) is 0. The molecule has 1 saturated carbocycles. The highest BCUT2D eigenvalue weighted by molar-refractivity contribution is 5.81. The summed E-state index contributed by atoms with van der Waals surface area (Å²) in [5, 5.41) is 11.8. The van der Waals surface area contributed by atoms with Crippen LogP contribution in [0.15, 0.2) is 0 Å². The van der Waals surface area contributed by atoms with E-state index in [-0.39, 0.29) is 17.7 Å². The molecule has 98 valence electrons. The van der Waals surface area contributed by atoms with E-state index in [0.717, 1.165) is 25.7 Å². The summed E-state index contributed by atoms with van der Waals surface area (Å²) in [5.41, 5.74) is 5.68. The van der Waals surface area contributed by atoms with Crippen LogP contribution < -0.4 is 11.1 Å². The molecule has 2 unspecified atom stereocenters. The summed E-state index contributed by atoms with van der Waals surface area (Å²) in [4.78, 5) is 22.5. The van der Waals surface area contributed by atoms with Gasteiger partial charge in [0.25, 0.3) is 0 Å². The number of nitrogens with two attached hydrogens (primary N) is 1. The molecule has 0 spiro atoms. The highest BCUT2D eigenvalue weighted by atomic mass is 16.4. The number of carboxylic acids is 1. The first-order chi connectivity index (χ1) is 8.06. The van der Waals surface area contributed by atoms with E-state index in [1.54, 1.807) is 0 Å². The molecule has 0 aliphatic heterocycles. The zero-order valence-electron chi connectivity index (χ0n) is 10.3. The van der Waals surface area contributed by atoms with Crippen molar-refractivity contribution in [3.05, 3.63) is 0 Å². The van der Waals surface area contributed by atoms with Gasteiger partial charge in [0.1, 0.15) is 0 Å². The van der Waals surface area contributed by atoms with Crippen LogP contribution in [0.5, 0.6) is 0 Å². The monoisotopic (exact) mass is 242 g/mol. The maximum atomic E-state index is 11.6. The molecule has 0 heterocycles. The van der Waals surface area contributed by atoms with Crippen molar-refractivity contribution in [3.63, 3.8) is 0 Å². The van der Waals surface area contributed by atoms with E-state index in [0.29, 0.717) is 13.0 Å². The van der Waals surface area contributed by atoms with Gasteiger partial charge in [-0.25, -0.2) is 0 Å². The smallest absolute Gasteiger partial charge is 0.306 e. The van der Waals surface area contributed by atoms with Gasteiger partial charge >= 0.3 is 5.97 Å². The summed E-state index contributed by atoms with van der Waals surface area (Å²) in [6.45, 7) is 2.41. The fourth-order valence-electron chi connectivity index (χ4n) is 2.41. The third kappa shape index (κ3) is 4.00. The quantitative estimate of drug-likeness (QED) is 0.640. The van der Waals surface area contributed by atoms with Gasteiger partial charge < -0.3 is 16.2 Å². The van der Waals surface area contributed by atoms with Gasteiger partial charge in [0.2, 0.25) is 5.91 Å². The van der Waals surface area contributed by atoms with Crippen molar-refractivity contribution in [1.82, 2.24) is 5.32 Å². The third-order valence-corrected chi connectivity index (χ3v) is 3.45. The van der Waals surface area contributed by atoms with Crippen LogP contribution in [0.1, 0.15) is 39.0 Å². The van der Waals surface area contributed by atoms with E-state index in [4.69, 9.17) is 10.8 Å². The van der Waals surface area contributed by atoms with Crippen LogP contribution in [-0.2, 0) is 9.59 Å². The Morgan fingerprint density at radius 3 is 2.76 bits per heavy atom. The van der Waals surface area contributed by atoms with Gasteiger partial charge in [-0.1, -0.05) is 19.8 Å². The largest absolute Gasteiger partial charge is 0.481 e. The fraction of sp³-hybridized carbons (Fsp3) is 0.833. The molecule has 1 aliphatic rings. The Morgan fingerprint density at radius 2 is 2.18 bits per heavy atom. The lowest BCUT2D eigenvalue weighted by atomic mass is 9.96. The minimum atomic E-state index is -0.750. The fourth-order valence-corrected chi connectivity index (χ4v) is 2.41. The molecule has 17 heavy (non-hydrogen) atoms. The normalized spacial score (nSPS) is 25.5. The lowest BCUT2D eigenvalue weighted by Crippen LogP contribution is -2.43. The number of carboxylic acid groups (broad SMARTS) is 1. The van der Waals surface area contributed by atoms with E-state index >= 15 is 0 Å². The van der Waals surface area contributed by atoms with Crippen LogP contribution in [-0.4, -0.2) is 29.6 Å². The van der Waals surface area contributed by atoms with Crippen LogP contribution >= 0.6 is 0 Å². The highest BCUT2D eigenvalue weighted by Gasteiger charge is 2.33. The van der Waals surface area contributed by atoms with Crippen molar-refractivity contribution in [3.8, 4) is 0 Å². The van der Waals surface area contributed by atoms with Crippen molar-refractivity contribution in [2.75, 3.05) is 6.54 Å². The molecule has 3 atom stereocenters. The predicted molar refractivity (Wildman–Crippen MR) is 64.4 cm³/mol. The SMILES string of the molecule is CCC[C@H](N)C(=O)NCC1CCCC1C(=O)O. The Balaban J connectivity index is 2.34. The van der Waals surface area contributed by atoms with Gasteiger partial charge in [-0.05, 0) is 25.2 Å². The number of amides is 1. The second-order valence-corrected chi connectivity index (χ2v) is 4.78. The Kier molecular flexibility index (Phi) is 5.41. The topological polar surface area (TPSA) is 92.4 Å². The first kappa shape index (κ1) is 14.0.